The van der Waals surface area contributed by atoms with Crippen molar-refractivity contribution < 1.29 is 9.90 Å². The van der Waals surface area contributed by atoms with E-state index in [-0.39, 0.29) is 11.5 Å². The fourth-order valence-electron chi connectivity index (χ4n) is 4.91. The molecule has 3 fully saturated rings. The summed E-state index contributed by atoms with van der Waals surface area (Å²) in [6.07, 6.45) is 7.61. The van der Waals surface area contributed by atoms with Gasteiger partial charge in [0.15, 0.2) is 0 Å². The number of anilines is 1. The predicted octanol–water partition coefficient (Wildman–Crippen LogP) is 2.08. The van der Waals surface area contributed by atoms with E-state index >= 15 is 0 Å². The van der Waals surface area contributed by atoms with Gasteiger partial charge in [0.25, 0.3) is 0 Å². The molecule has 26 heavy (non-hydrogen) atoms. The molecule has 2 saturated heterocycles. The lowest BCUT2D eigenvalue weighted by Gasteiger charge is -2.40. The third-order valence-electron chi connectivity index (χ3n) is 6.58. The molecule has 0 unspecified atom stereocenters. The SMILES string of the molecule is N#Cc1cccnc1N1CCC2(CC1)CCN([C@H]1CC[C@H](O)CC1)C2=O. The molecule has 0 radical (unpaired) electrons. The van der Waals surface area contributed by atoms with Crippen LogP contribution in [0.2, 0.25) is 0 Å². The van der Waals surface area contributed by atoms with E-state index < -0.39 is 0 Å². The summed E-state index contributed by atoms with van der Waals surface area (Å²) in [4.78, 5) is 21.8. The zero-order valence-electron chi connectivity index (χ0n) is 15.1. The summed E-state index contributed by atoms with van der Waals surface area (Å²) in [6.45, 7) is 2.40. The number of piperidine rings is 1. The molecule has 6 heteroatoms. The Morgan fingerprint density at radius 2 is 1.85 bits per heavy atom. The molecular formula is C20H26N4O2. The fraction of sp³-hybridized carbons (Fsp3) is 0.650. The zero-order valence-corrected chi connectivity index (χ0v) is 15.1. The first-order valence-corrected chi connectivity index (χ1v) is 9.72. The van der Waals surface area contributed by atoms with Crippen molar-refractivity contribution in [1.82, 2.24) is 9.88 Å². The van der Waals surface area contributed by atoms with Crippen molar-refractivity contribution in [3.05, 3.63) is 23.9 Å². The van der Waals surface area contributed by atoms with Crippen LogP contribution in [0, 0.1) is 16.7 Å². The van der Waals surface area contributed by atoms with Gasteiger partial charge in [0, 0.05) is 31.9 Å². The van der Waals surface area contributed by atoms with Gasteiger partial charge in [0.1, 0.15) is 11.9 Å². The van der Waals surface area contributed by atoms with Crippen LogP contribution in [-0.2, 0) is 4.79 Å². The standard InChI is InChI=1S/C20H26N4O2/c21-14-15-2-1-10-22-18(15)23-11-7-20(8-12-23)9-13-24(19(20)26)16-3-5-17(25)6-4-16/h1-2,10,16-17,25H,3-9,11-13H2/t16-,17-. The summed E-state index contributed by atoms with van der Waals surface area (Å²) in [5.74, 6) is 1.06. The molecule has 3 heterocycles. The number of aliphatic hydroxyl groups excluding tert-OH is 1. The van der Waals surface area contributed by atoms with E-state index in [4.69, 9.17) is 0 Å². The maximum Gasteiger partial charge on any atom is 0.229 e. The second-order valence-electron chi connectivity index (χ2n) is 7.96. The highest BCUT2D eigenvalue weighted by molar-refractivity contribution is 5.85. The van der Waals surface area contributed by atoms with Crippen LogP contribution in [0.3, 0.4) is 0 Å². The number of carbonyl (C=O) groups is 1. The molecule has 2 aliphatic heterocycles. The van der Waals surface area contributed by atoms with Crippen molar-refractivity contribution in [2.45, 2.75) is 57.1 Å². The van der Waals surface area contributed by atoms with Crippen molar-refractivity contribution in [3.63, 3.8) is 0 Å². The highest BCUT2D eigenvalue weighted by Crippen LogP contribution is 2.44. The van der Waals surface area contributed by atoms with Crippen molar-refractivity contribution in [2.75, 3.05) is 24.5 Å². The van der Waals surface area contributed by atoms with Gasteiger partial charge in [-0.25, -0.2) is 4.98 Å². The molecule has 1 N–H and O–H groups in total. The minimum absolute atomic E-state index is 0.186. The number of pyridine rings is 1. The van der Waals surface area contributed by atoms with Crippen LogP contribution in [0.5, 0.6) is 0 Å². The maximum atomic E-state index is 13.2. The Bertz CT molecular complexity index is 713. The summed E-state index contributed by atoms with van der Waals surface area (Å²) in [5.41, 5.74) is 0.373. The Hall–Kier alpha value is -2.13. The van der Waals surface area contributed by atoms with E-state index in [0.717, 1.165) is 70.4 Å². The van der Waals surface area contributed by atoms with Gasteiger partial charge >= 0.3 is 0 Å². The first-order chi connectivity index (χ1) is 12.6. The summed E-state index contributed by atoms with van der Waals surface area (Å²) < 4.78 is 0. The van der Waals surface area contributed by atoms with Crippen molar-refractivity contribution in [2.24, 2.45) is 5.41 Å². The highest BCUT2D eigenvalue weighted by Gasteiger charge is 2.50. The van der Waals surface area contributed by atoms with E-state index in [9.17, 15) is 15.2 Å². The molecule has 4 rings (SSSR count). The van der Waals surface area contributed by atoms with E-state index in [1.54, 1.807) is 18.3 Å². The topological polar surface area (TPSA) is 80.5 Å². The molecule has 1 spiro atoms. The highest BCUT2D eigenvalue weighted by atomic mass is 16.3. The third kappa shape index (κ3) is 2.95. The number of hydrogen-bond donors (Lipinski definition) is 1. The normalized spacial score (nSPS) is 28.4. The van der Waals surface area contributed by atoms with Crippen LogP contribution in [0.15, 0.2) is 18.3 Å². The largest absolute Gasteiger partial charge is 0.393 e. The van der Waals surface area contributed by atoms with E-state index in [1.165, 1.54) is 0 Å². The van der Waals surface area contributed by atoms with Gasteiger partial charge in [0.2, 0.25) is 5.91 Å². The Balaban J connectivity index is 1.42. The van der Waals surface area contributed by atoms with Crippen molar-refractivity contribution in [1.29, 1.82) is 5.26 Å². The number of amides is 1. The number of nitrogens with zero attached hydrogens (tertiary/aromatic N) is 4. The fourth-order valence-corrected chi connectivity index (χ4v) is 4.91. The number of aromatic nitrogens is 1. The minimum Gasteiger partial charge on any atom is -0.393 e. The van der Waals surface area contributed by atoms with Gasteiger partial charge in [-0.15, -0.1) is 0 Å². The molecule has 6 nitrogen and oxygen atoms in total. The van der Waals surface area contributed by atoms with Gasteiger partial charge in [-0.05, 0) is 57.1 Å². The molecule has 1 aliphatic carbocycles. The Labute approximate surface area is 154 Å². The number of aliphatic hydroxyl groups is 1. The van der Waals surface area contributed by atoms with Crippen LogP contribution < -0.4 is 4.90 Å². The number of rotatable bonds is 2. The minimum atomic E-state index is -0.228. The zero-order chi connectivity index (χ0) is 18.1. The lowest BCUT2D eigenvalue weighted by atomic mass is 9.77. The first-order valence-electron chi connectivity index (χ1n) is 9.72. The molecule has 1 saturated carbocycles. The van der Waals surface area contributed by atoms with Crippen LogP contribution in [0.25, 0.3) is 0 Å². The molecule has 0 aromatic carbocycles. The summed E-state index contributed by atoms with van der Waals surface area (Å²) in [7, 11) is 0. The van der Waals surface area contributed by atoms with Crippen LogP contribution in [-0.4, -0.2) is 52.7 Å². The second kappa shape index (κ2) is 6.88. The molecule has 0 atom stereocenters. The first kappa shape index (κ1) is 17.3. The van der Waals surface area contributed by atoms with Crippen LogP contribution in [0.1, 0.15) is 50.5 Å². The molecule has 0 bridgehead atoms. The molecule has 1 aromatic rings. The van der Waals surface area contributed by atoms with Crippen LogP contribution in [0.4, 0.5) is 5.82 Å². The number of carbonyl (C=O) groups excluding carboxylic acids is 1. The van der Waals surface area contributed by atoms with Crippen LogP contribution >= 0.6 is 0 Å². The lowest BCUT2D eigenvalue weighted by molar-refractivity contribution is -0.139. The Kier molecular flexibility index (Phi) is 4.58. The number of likely N-dealkylation sites (tertiary alicyclic amines) is 1. The quantitative estimate of drug-likeness (QED) is 0.879. The van der Waals surface area contributed by atoms with Crippen molar-refractivity contribution in [3.8, 4) is 6.07 Å². The molecule has 1 aromatic heterocycles. The Morgan fingerprint density at radius 3 is 2.54 bits per heavy atom. The summed E-state index contributed by atoms with van der Waals surface area (Å²) in [5, 5.41) is 19.0. The molecular weight excluding hydrogens is 328 g/mol. The molecule has 1 amide bonds. The maximum absolute atomic E-state index is 13.2. The Morgan fingerprint density at radius 1 is 1.15 bits per heavy atom. The monoisotopic (exact) mass is 354 g/mol. The number of nitriles is 1. The third-order valence-corrected chi connectivity index (χ3v) is 6.58. The summed E-state index contributed by atoms with van der Waals surface area (Å²) in [6, 6.07) is 6.11. The van der Waals surface area contributed by atoms with Gasteiger partial charge in [-0.3, -0.25) is 4.79 Å². The van der Waals surface area contributed by atoms with E-state index in [1.807, 2.05) is 0 Å². The van der Waals surface area contributed by atoms with Gasteiger partial charge in [0.05, 0.1) is 17.1 Å². The lowest BCUT2D eigenvalue weighted by Crippen LogP contribution is -2.47. The van der Waals surface area contributed by atoms with Gasteiger partial charge in [-0.1, -0.05) is 0 Å². The number of hydrogen-bond acceptors (Lipinski definition) is 5. The van der Waals surface area contributed by atoms with E-state index in [0.29, 0.717) is 17.5 Å². The molecule has 3 aliphatic rings. The van der Waals surface area contributed by atoms with Crippen molar-refractivity contribution >= 4 is 11.7 Å². The van der Waals surface area contributed by atoms with Gasteiger partial charge in [-0.2, -0.15) is 5.26 Å². The average molecular weight is 354 g/mol. The van der Waals surface area contributed by atoms with E-state index in [2.05, 4.69) is 20.9 Å². The summed E-state index contributed by atoms with van der Waals surface area (Å²) >= 11 is 0. The average Bonchev–Trinajstić information content (AvgIpc) is 2.99. The smallest absolute Gasteiger partial charge is 0.229 e. The second-order valence-corrected chi connectivity index (χ2v) is 7.96. The predicted molar refractivity (Wildman–Crippen MR) is 97.4 cm³/mol. The van der Waals surface area contributed by atoms with Gasteiger partial charge < -0.3 is 14.9 Å². The molecule has 138 valence electrons.